The predicted molar refractivity (Wildman–Crippen MR) is 91.3 cm³/mol. The van der Waals surface area contributed by atoms with Gasteiger partial charge in [0.2, 0.25) is 0 Å². The first-order valence-corrected chi connectivity index (χ1v) is 9.99. The van der Waals surface area contributed by atoms with Crippen LogP contribution in [0.15, 0.2) is 12.2 Å². The van der Waals surface area contributed by atoms with Crippen LogP contribution in [-0.2, 0) is 14.3 Å². The number of carbonyl (C=O) groups excluding carboxylic acids is 1. The number of allylic oxidation sites excluding steroid dienone is 2. The van der Waals surface area contributed by atoms with Crippen LogP contribution in [0.2, 0.25) is 0 Å². The van der Waals surface area contributed by atoms with Gasteiger partial charge in [0.05, 0.1) is 13.2 Å². The molecule has 1 heterocycles. The minimum Gasteiger partial charge on any atom is -0.347 e. The van der Waals surface area contributed by atoms with E-state index < -0.39 is 0 Å². The van der Waals surface area contributed by atoms with Gasteiger partial charge in [-0.1, -0.05) is 19.9 Å². The zero-order chi connectivity index (χ0) is 16.6. The Balaban J connectivity index is 1.49. The molecule has 0 amide bonds. The lowest BCUT2D eigenvalue weighted by atomic mass is 9.46. The van der Waals surface area contributed by atoms with Crippen LogP contribution in [0.5, 0.6) is 0 Å². The molecular weight excluding hydrogens is 300 g/mol. The Labute approximate surface area is 145 Å². The topological polar surface area (TPSA) is 35.5 Å². The fraction of sp³-hybridized carbons (Fsp3) is 0.857. The third-order valence-electron chi connectivity index (χ3n) is 8.84. The molecule has 3 heteroatoms. The van der Waals surface area contributed by atoms with Gasteiger partial charge in [-0.05, 0) is 67.3 Å². The number of fused-ring (bicyclic) bond motifs is 6. The van der Waals surface area contributed by atoms with Crippen molar-refractivity contribution in [2.45, 2.75) is 64.6 Å². The summed E-state index contributed by atoms with van der Waals surface area (Å²) in [4.78, 5) is 11.9. The Morgan fingerprint density at radius 1 is 1.00 bits per heavy atom. The van der Waals surface area contributed by atoms with Crippen LogP contribution in [0.3, 0.4) is 0 Å². The third-order valence-corrected chi connectivity index (χ3v) is 8.84. The van der Waals surface area contributed by atoms with E-state index in [1.54, 1.807) is 0 Å². The second-order valence-corrected chi connectivity index (χ2v) is 9.47. The molecule has 3 nitrogen and oxygen atoms in total. The third kappa shape index (κ3) is 1.78. The van der Waals surface area contributed by atoms with E-state index in [4.69, 9.17) is 9.47 Å². The second-order valence-electron chi connectivity index (χ2n) is 9.47. The molecular formula is C21H30O3. The van der Waals surface area contributed by atoms with Crippen molar-refractivity contribution in [3.63, 3.8) is 0 Å². The Morgan fingerprint density at radius 2 is 1.75 bits per heavy atom. The summed E-state index contributed by atoms with van der Waals surface area (Å²) < 4.78 is 12.4. The molecule has 1 saturated heterocycles. The highest BCUT2D eigenvalue weighted by molar-refractivity contribution is 5.91. The van der Waals surface area contributed by atoms with Gasteiger partial charge in [-0.2, -0.15) is 0 Å². The lowest BCUT2D eigenvalue weighted by Crippen LogP contribution is -2.56. The molecule has 0 N–H and O–H groups in total. The Kier molecular flexibility index (Phi) is 3.21. The van der Waals surface area contributed by atoms with Gasteiger partial charge in [0.1, 0.15) is 0 Å². The van der Waals surface area contributed by atoms with Crippen LogP contribution in [-0.4, -0.2) is 24.8 Å². The minimum absolute atomic E-state index is 0.183. The van der Waals surface area contributed by atoms with E-state index >= 15 is 0 Å². The van der Waals surface area contributed by atoms with E-state index in [1.807, 2.05) is 6.08 Å². The molecule has 0 radical (unpaired) electrons. The maximum Gasteiger partial charge on any atom is 0.174 e. The van der Waals surface area contributed by atoms with Gasteiger partial charge in [0.15, 0.2) is 11.6 Å². The fourth-order valence-electron chi connectivity index (χ4n) is 7.52. The highest BCUT2D eigenvalue weighted by Crippen LogP contribution is 2.68. The molecule has 0 aromatic heterocycles. The summed E-state index contributed by atoms with van der Waals surface area (Å²) in [5.74, 6) is 2.83. The van der Waals surface area contributed by atoms with E-state index in [2.05, 4.69) is 19.9 Å². The van der Waals surface area contributed by atoms with Crippen molar-refractivity contribution in [3.8, 4) is 0 Å². The molecule has 0 aromatic carbocycles. The lowest BCUT2D eigenvalue weighted by molar-refractivity contribution is -0.244. The van der Waals surface area contributed by atoms with Crippen molar-refractivity contribution in [1.29, 1.82) is 0 Å². The molecule has 4 aliphatic carbocycles. The summed E-state index contributed by atoms with van der Waals surface area (Å²) >= 11 is 0. The van der Waals surface area contributed by atoms with Crippen molar-refractivity contribution in [1.82, 2.24) is 0 Å². The van der Waals surface area contributed by atoms with Crippen molar-refractivity contribution in [3.05, 3.63) is 12.2 Å². The molecule has 5 rings (SSSR count). The minimum atomic E-state index is -0.293. The molecule has 0 aromatic rings. The molecule has 1 aliphatic heterocycles. The summed E-state index contributed by atoms with van der Waals surface area (Å²) in [7, 11) is 0. The van der Waals surface area contributed by atoms with Gasteiger partial charge in [-0.25, -0.2) is 0 Å². The van der Waals surface area contributed by atoms with Crippen LogP contribution >= 0.6 is 0 Å². The zero-order valence-electron chi connectivity index (χ0n) is 15.1. The first kappa shape index (κ1) is 15.6. The van der Waals surface area contributed by atoms with Gasteiger partial charge in [0.25, 0.3) is 0 Å². The van der Waals surface area contributed by atoms with Crippen LogP contribution in [0.1, 0.15) is 58.8 Å². The standard InChI is InChI=1S/C21H30O3/c1-19-8-5-15(22)13-14(19)3-4-16-17(19)6-9-20(2)18(16)7-10-21(20)23-11-12-24-21/h5,8,14,16-18H,3-4,6-7,9-13H2,1-2H3/t14?,16?,17?,18?,19?,20-/m0/s1. The molecule has 132 valence electrons. The summed E-state index contributed by atoms with van der Waals surface area (Å²) in [5.41, 5.74) is 0.410. The van der Waals surface area contributed by atoms with Crippen LogP contribution in [0.25, 0.3) is 0 Å². The first-order chi connectivity index (χ1) is 11.5. The van der Waals surface area contributed by atoms with Gasteiger partial charge in [-0.3, -0.25) is 4.79 Å². The highest BCUT2D eigenvalue weighted by atomic mass is 16.7. The second kappa shape index (κ2) is 4.94. The highest BCUT2D eigenvalue weighted by Gasteiger charge is 2.66. The van der Waals surface area contributed by atoms with Gasteiger partial charge in [-0.15, -0.1) is 0 Å². The van der Waals surface area contributed by atoms with E-state index in [-0.39, 0.29) is 16.6 Å². The van der Waals surface area contributed by atoms with Crippen molar-refractivity contribution >= 4 is 5.78 Å². The Bertz CT molecular complexity index is 590. The monoisotopic (exact) mass is 330 g/mol. The largest absolute Gasteiger partial charge is 0.347 e. The predicted octanol–water partition coefficient (Wildman–Crippen LogP) is 4.12. The Morgan fingerprint density at radius 3 is 2.54 bits per heavy atom. The fourth-order valence-corrected chi connectivity index (χ4v) is 7.52. The number of carbonyl (C=O) groups is 1. The molecule has 5 unspecified atom stereocenters. The van der Waals surface area contributed by atoms with E-state index in [0.717, 1.165) is 43.8 Å². The van der Waals surface area contributed by atoms with Crippen LogP contribution in [0.4, 0.5) is 0 Å². The quantitative estimate of drug-likeness (QED) is 0.670. The number of ketones is 1. The van der Waals surface area contributed by atoms with Crippen LogP contribution in [0, 0.1) is 34.5 Å². The lowest BCUT2D eigenvalue weighted by Gasteiger charge is -2.59. The number of hydrogen-bond donors (Lipinski definition) is 0. The molecule has 5 aliphatic rings. The van der Waals surface area contributed by atoms with E-state index in [1.165, 1.54) is 32.1 Å². The number of rotatable bonds is 0. The van der Waals surface area contributed by atoms with Crippen LogP contribution < -0.4 is 0 Å². The molecule has 0 bridgehead atoms. The molecule has 3 saturated carbocycles. The maximum absolute atomic E-state index is 11.9. The van der Waals surface area contributed by atoms with Gasteiger partial charge in [0, 0.05) is 18.3 Å². The van der Waals surface area contributed by atoms with E-state index in [0.29, 0.717) is 11.7 Å². The molecule has 4 fully saturated rings. The van der Waals surface area contributed by atoms with Gasteiger partial charge < -0.3 is 9.47 Å². The Hall–Kier alpha value is -0.670. The van der Waals surface area contributed by atoms with Crippen molar-refractivity contribution < 1.29 is 14.3 Å². The summed E-state index contributed by atoms with van der Waals surface area (Å²) in [6, 6.07) is 0. The summed E-state index contributed by atoms with van der Waals surface area (Å²) in [5, 5.41) is 0. The SMILES string of the molecule is CC12C=CC(=O)CC1CCC1C2CC[C@@]2(C)C1CCC21OCCO1. The number of ether oxygens (including phenoxy) is 2. The molecule has 1 spiro atoms. The smallest absolute Gasteiger partial charge is 0.174 e. The summed E-state index contributed by atoms with van der Waals surface area (Å²) in [6.45, 7) is 6.41. The summed E-state index contributed by atoms with van der Waals surface area (Å²) in [6.07, 6.45) is 12.3. The molecule has 6 atom stereocenters. The van der Waals surface area contributed by atoms with Gasteiger partial charge >= 0.3 is 0 Å². The zero-order valence-corrected chi connectivity index (χ0v) is 15.1. The maximum atomic E-state index is 11.9. The average molecular weight is 330 g/mol. The number of hydrogen-bond acceptors (Lipinski definition) is 3. The average Bonchev–Trinajstić information content (AvgIpc) is 3.15. The first-order valence-electron chi connectivity index (χ1n) is 9.99. The molecule has 24 heavy (non-hydrogen) atoms. The van der Waals surface area contributed by atoms with Crippen molar-refractivity contribution in [2.75, 3.05) is 13.2 Å². The normalized spacial score (nSPS) is 52.2. The van der Waals surface area contributed by atoms with Crippen molar-refractivity contribution in [2.24, 2.45) is 34.5 Å². The van der Waals surface area contributed by atoms with E-state index in [9.17, 15) is 4.79 Å².